The SMILES string of the molecule is CCN1CCCC1CNC(=O)[C@@H]1CCC[C@@H]1CN. The maximum atomic E-state index is 12.2. The van der Waals surface area contributed by atoms with E-state index in [1.54, 1.807) is 0 Å². The Hall–Kier alpha value is -0.610. The van der Waals surface area contributed by atoms with Crippen LogP contribution < -0.4 is 11.1 Å². The molecule has 0 spiro atoms. The Morgan fingerprint density at radius 1 is 1.33 bits per heavy atom. The van der Waals surface area contributed by atoms with E-state index in [1.165, 1.54) is 19.4 Å². The third-order valence-corrected chi connectivity index (χ3v) is 4.72. The molecule has 2 rings (SSSR count). The predicted octanol–water partition coefficient (Wildman–Crippen LogP) is 0.962. The highest BCUT2D eigenvalue weighted by Gasteiger charge is 2.32. The molecule has 0 aromatic rings. The molecule has 0 aromatic heterocycles. The van der Waals surface area contributed by atoms with Gasteiger partial charge in [-0.3, -0.25) is 9.69 Å². The summed E-state index contributed by atoms with van der Waals surface area (Å²) in [5, 5.41) is 3.16. The summed E-state index contributed by atoms with van der Waals surface area (Å²) in [6.07, 6.45) is 5.79. The Balaban J connectivity index is 1.77. The maximum Gasteiger partial charge on any atom is 0.223 e. The molecule has 2 fully saturated rings. The van der Waals surface area contributed by atoms with Gasteiger partial charge in [-0.2, -0.15) is 0 Å². The normalized spacial score (nSPS) is 32.9. The molecule has 0 bridgehead atoms. The first-order valence-corrected chi connectivity index (χ1v) is 7.48. The van der Waals surface area contributed by atoms with Crippen LogP contribution in [-0.4, -0.2) is 43.0 Å². The fourth-order valence-corrected chi connectivity index (χ4v) is 3.56. The quantitative estimate of drug-likeness (QED) is 0.767. The number of carbonyl (C=O) groups excluding carboxylic acids is 1. The molecule has 104 valence electrons. The van der Waals surface area contributed by atoms with E-state index in [0.717, 1.165) is 32.4 Å². The van der Waals surface area contributed by atoms with E-state index in [1.807, 2.05) is 0 Å². The lowest BCUT2D eigenvalue weighted by molar-refractivity contribution is -0.126. The van der Waals surface area contributed by atoms with Crippen molar-refractivity contribution in [3.8, 4) is 0 Å². The summed E-state index contributed by atoms with van der Waals surface area (Å²) in [5.74, 6) is 0.827. The largest absolute Gasteiger partial charge is 0.354 e. The molecule has 18 heavy (non-hydrogen) atoms. The molecular weight excluding hydrogens is 226 g/mol. The van der Waals surface area contributed by atoms with Crippen LogP contribution in [0.1, 0.15) is 39.0 Å². The van der Waals surface area contributed by atoms with Crippen LogP contribution in [0.2, 0.25) is 0 Å². The lowest BCUT2D eigenvalue weighted by Crippen LogP contribution is -2.43. The number of nitrogens with two attached hydrogens (primary N) is 1. The van der Waals surface area contributed by atoms with Crippen molar-refractivity contribution in [2.24, 2.45) is 17.6 Å². The van der Waals surface area contributed by atoms with Gasteiger partial charge in [-0.15, -0.1) is 0 Å². The standard InChI is InChI=1S/C14H27N3O/c1-2-17-8-4-6-12(17)10-16-14(18)13-7-3-5-11(13)9-15/h11-13H,2-10,15H2,1H3,(H,16,18)/t11-,12?,13-/m1/s1. The summed E-state index contributed by atoms with van der Waals surface area (Å²) in [5.41, 5.74) is 5.74. The molecular formula is C14H27N3O. The number of nitrogens with one attached hydrogen (secondary N) is 1. The van der Waals surface area contributed by atoms with Gasteiger partial charge in [-0.25, -0.2) is 0 Å². The number of carbonyl (C=O) groups is 1. The minimum absolute atomic E-state index is 0.173. The Bertz CT molecular complexity index is 282. The third kappa shape index (κ3) is 3.04. The molecule has 0 aromatic carbocycles. The zero-order chi connectivity index (χ0) is 13.0. The van der Waals surface area contributed by atoms with E-state index >= 15 is 0 Å². The highest BCUT2D eigenvalue weighted by Crippen LogP contribution is 2.31. The van der Waals surface area contributed by atoms with Gasteiger partial charge in [0.15, 0.2) is 0 Å². The predicted molar refractivity (Wildman–Crippen MR) is 73.2 cm³/mol. The summed E-state index contributed by atoms with van der Waals surface area (Å²) in [6, 6.07) is 0.552. The topological polar surface area (TPSA) is 58.4 Å². The molecule has 1 saturated carbocycles. The molecule has 2 aliphatic rings. The van der Waals surface area contributed by atoms with Crippen LogP contribution >= 0.6 is 0 Å². The molecule has 1 amide bonds. The van der Waals surface area contributed by atoms with Gasteiger partial charge >= 0.3 is 0 Å². The zero-order valence-corrected chi connectivity index (χ0v) is 11.5. The van der Waals surface area contributed by atoms with Crippen LogP contribution in [-0.2, 0) is 4.79 Å². The summed E-state index contributed by atoms with van der Waals surface area (Å²) in [6.45, 7) is 5.95. The maximum absolute atomic E-state index is 12.2. The van der Waals surface area contributed by atoms with Crippen LogP contribution in [0.15, 0.2) is 0 Å². The average Bonchev–Trinajstić information content (AvgIpc) is 3.03. The van der Waals surface area contributed by atoms with Gasteiger partial charge in [0.25, 0.3) is 0 Å². The summed E-state index contributed by atoms with van der Waals surface area (Å²) in [7, 11) is 0. The minimum atomic E-state index is 0.173. The number of hydrogen-bond acceptors (Lipinski definition) is 3. The van der Waals surface area contributed by atoms with E-state index in [9.17, 15) is 4.79 Å². The monoisotopic (exact) mass is 253 g/mol. The third-order valence-electron chi connectivity index (χ3n) is 4.72. The highest BCUT2D eigenvalue weighted by molar-refractivity contribution is 5.79. The molecule has 1 aliphatic heterocycles. The van der Waals surface area contributed by atoms with Gasteiger partial charge < -0.3 is 11.1 Å². The van der Waals surface area contributed by atoms with Gasteiger partial charge in [-0.05, 0) is 51.2 Å². The second-order valence-electron chi connectivity index (χ2n) is 5.70. The van der Waals surface area contributed by atoms with Crippen LogP contribution in [0, 0.1) is 11.8 Å². The summed E-state index contributed by atoms with van der Waals surface area (Å²) < 4.78 is 0. The van der Waals surface area contributed by atoms with Gasteiger partial charge in [0.1, 0.15) is 0 Å². The van der Waals surface area contributed by atoms with Crippen LogP contribution in [0.5, 0.6) is 0 Å². The van der Waals surface area contributed by atoms with Crippen LogP contribution in [0.4, 0.5) is 0 Å². The highest BCUT2D eigenvalue weighted by atomic mass is 16.1. The number of likely N-dealkylation sites (tertiary alicyclic amines) is 1. The second-order valence-corrected chi connectivity index (χ2v) is 5.70. The molecule has 1 saturated heterocycles. The molecule has 0 radical (unpaired) electrons. The van der Waals surface area contributed by atoms with Crippen molar-refractivity contribution in [1.29, 1.82) is 0 Å². The number of nitrogens with zero attached hydrogens (tertiary/aromatic N) is 1. The van der Waals surface area contributed by atoms with E-state index in [0.29, 0.717) is 18.5 Å². The molecule has 1 heterocycles. The average molecular weight is 253 g/mol. The molecule has 4 nitrogen and oxygen atoms in total. The smallest absolute Gasteiger partial charge is 0.223 e. The fraction of sp³-hybridized carbons (Fsp3) is 0.929. The van der Waals surface area contributed by atoms with Gasteiger partial charge in [0.2, 0.25) is 5.91 Å². The van der Waals surface area contributed by atoms with Crippen molar-refractivity contribution >= 4 is 5.91 Å². The van der Waals surface area contributed by atoms with Crippen molar-refractivity contribution in [2.75, 3.05) is 26.2 Å². The summed E-state index contributed by atoms with van der Waals surface area (Å²) in [4.78, 5) is 14.6. The first kappa shape index (κ1) is 13.8. The Kier molecular flexibility index (Phi) is 5.01. The number of likely N-dealkylation sites (N-methyl/N-ethyl adjacent to an activating group) is 1. The first-order valence-electron chi connectivity index (χ1n) is 7.48. The molecule has 1 unspecified atom stereocenters. The molecule has 3 N–H and O–H groups in total. The Morgan fingerprint density at radius 2 is 2.17 bits per heavy atom. The Labute approximate surface area is 110 Å². The fourth-order valence-electron chi connectivity index (χ4n) is 3.56. The van der Waals surface area contributed by atoms with Gasteiger partial charge in [0.05, 0.1) is 0 Å². The van der Waals surface area contributed by atoms with Gasteiger partial charge in [0, 0.05) is 18.5 Å². The summed E-state index contributed by atoms with van der Waals surface area (Å²) >= 11 is 0. The molecule has 3 atom stereocenters. The number of amides is 1. The Morgan fingerprint density at radius 3 is 2.89 bits per heavy atom. The van der Waals surface area contributed by atoms with Crippen LogP contribution in [0.3, 0.4) is 0 Å². The lowest BCUT2D eigenvalue weighted by atomic mass is 9.95. The van der Waals surface area contributed by atoms with Crippen molar-refractivity contribution < 1.29 is 4.79 Å². The van der Waals surface area contributed by atoms with Gasteiger partial charge in [-0.1, -0.05) is 13.3 Å². The number of rotatable bonds is 5. The first-order chi connectivity index (χ1) is 8.76. The zero-order valence-electron chi connectivity index (χ0n) is 11.5. The second kappa shape index (κ2) is 6.53. The van der Waals surface area contributed by atoms with Crippen molar-refractivity contribution in [3.05, 3.63) is 0 Å². The van der Waals surface area contributed by atoms with E-state index in [4.69, 9.17) is 5.73 Å². The molecule has 4 heteroatoms. The minimum Gasteiger partial charge on any atom is -0.354 e. The van der Waals surface area contributed by atoms with E-state index < -0.39 is 0 Å². The van der Waals surface area contributed by atoms with Crippen molar-refractivity contribution in [1.82, 2.24) is 10.2 Å². The van der Waals surface area contributed by atoms with Crippen molar-refractivity contribution in [2.45, 2.75) is 45.1 Å². The van der Waals surface area contributed by atoms with Crippen molar-refractivity contribution in [3.63, 3.8) is 0 Å². The lowest BCUT2D eigenvalue weighted by Gasteiger charge is -2.24. The number of hydrogen-bond donors (Lipinski definition) is 2. The van der Waals surface area contributed by atoms with E-state index in [2.05, 4.69) is 17.1 Å². The van der Waals surface area contributed by atoms with Crippen LogP contribution in [0.25, 0.3) is 0 Å². The molecule has 1 aliphatic carbocycles. The van der Waals surface area contributed by atoms with E-state index in [-0.39, 0.29) is 11.8 Å².